The summed E-state index contributed by atoms with van der Waals surface area (Å²) in [6, 6.07) is 14.7. The average molecular weight is 348 g/mol. The molecule has 0 aliphatic heterocycles. The van der Waals surface area contributed by atoms with Crippen LogP contribution in [0.25, 0.3) is 11.3 Å². The number of hydrogen-bond acceptors (Lipinski definition) is 2. The SMILES string of the molecule is Fc1cccc(Cc2nc(-c3ccccc3Br)cs2)c1. The predicted molar refractivity (Wildman–Crippen MR) is 84.5 cm³/mol. The Morgan fingerprint density at radius 2 is 1.95 bits per heavy atom. The Morgan fingerprint density at radius 3 is 2.75 bits per heavy atom. The Labute approximate surface area is 129 Å². The quantitative estimate of drug-likeness (QED) is 0.626. The molecule has 0 amide bonds. The molecule has 0 aliphatic rings. The Bertz CT molecular complexity index is 739. The Balaban J connectivity index is 1.86. The summed E-state index contributed by atoms with van der Waals surface area (Å²) < 4.78 is 14.2. The van der Waals surface area contributed by atoms with Gasteiger partial charge in [-0.25, -0.2) is 9.37 Å². The van der Waals surface area contributed by atoms with Gasteiger partial charge in [0, 0.05) is 21.8 Å². The average Bonchev–Trinajstić information content (AvgIpc) is 2.87. The van der Waals surface area contributed by atoms with Gasteiger partial charge in [-0.2, -0.15) is 0 Å². The van der Waals surface area contributed by atoms with E-state index in [1.165, 1.54) is 6.07 Å². The van der Waals surface area contributed by atoms with Crippen molar-refractivity contribution in [2.45, 2.75) is 6.42 Å². The first-order valence-electron chi connectivity index (χ1n) is 6.16. The van der Waals surface area contributed by atoms with Crippen LogP contribution in [-0.4, -0.2) is 4.98 Å². The van der Waals surface area contributed by atoms with E-state index in [4.69, 9.17) is 0 Å². The van der Waals surface area contributed by atoms with E-state index in [-0.39, 0.29) is 5.82 Å². The fourth-order valence-electron chi connectivity index (χ4n) is 2.01. The summed E-state index contributed by atoms with van der Waals surface area (Å²) in [6.07, 6.45) is 0.660. The molecular weight excluding hydrogens is 337 g/mol. The number of aromatic nitrogens is 1. The smallest absolute Gasteiger partial charge is 0.123 e. The molecule has 3 rings (SSSR count). The van der Waals surface area contributed by atoms with Crippen LogP contribution < -0.4 is 0 Å². The van der Waals surface area contributed by atoms with E-state index in [0.717, 1.165) is 26.3 Å². The third-order valence-electron chi connectivity index (χ3n) is 2.95. The van der Waals surface area contributed by atoms with Gasteiger partial charge in [-0.05, 0) is 23.8 Å². The van der Waals surface area contributed by atoms with E-state index in [2.05, 4.69) is 20.9 Å². The van der Waals surface area contributed by atoms with Crippen molar-refractivity contribution in [1.29, 1.82) is 0 Å². The summed E-state index contributed by atoms with van der Waals surface area (Å²) in [6.45, 7) is 0. The van der Waals surface area contributed by atoms with Crippen LogP contribution in [0.2, 0.25) is 0 Å². The first-order chi connectivity index (χ1) is 9.72. The molecule has 0 saturated carbocycles. The molecule has 0 aliphatic carbocycles. The molecule has 0 spiro atoms. The summed E-state index contributed by atoms with van der Waals surface area (Å²) in [5.41, 5.74) is 2.97. The second kappa shape index (κ2) is 5.85. The predicted octanol–water partition coefficient (Wildman–Crippen LogP) is 5.30. The van der Waals surface area contributed by atoms with E-state index in [9.17, 15) is 4.39 Å². The molecule has 4 heteroatoms. The maximum absolute atomic E-state index is 13.2. The highest BCUT2D eigenvalue weighted by Crippen LogP contribution is 2.29. The van der Waals surface area contributed by atoms with Gasteiger partial charge in [0.1, 0.15) is 5.82 Å². The van der Waals surface area contributed by atoms with Crippen molar-refractivity contribution in [3.63, 3.8) is 0 Å². The lowest BCUT2D eigenvalue weighted by Gasteiger charge is -2.00. The Kier molecular flexibility index (Phi) is 3.94. The van der Waals surface area contributed by atoms with Crippen LogP contribution in [-0.2, 0) is 6.42 Å². The standard InChI is InChI=1S/C16H11BrFNS/c17-14-7-2-1-6-13(14)15-10-20-16(19-15)9-11-4-3-5-12(18)8-11/h1-8,10H,9H2. The third kappa shape index (κ3) is 2.97. The normalized spacial score (nSPS) is 10.7. The van der Waals surface area contributed by atoms with Gasteiger partial charge < -0.3 is 0 Å². The topological polar surface area (TPSA) is 12.9 Å². The van der Waals surface area contributed by atoms with Gasteiger partial charge in [0.2, 0.25) is 0 Å². The van der Waals surface area contributed by atoms with Crippen molar-refractivity contribution >= 4 is 27.3 Å². The summed E-state index contributed by atoms with van der Waals surface area (Å²) in [5.74, 6) is -0.204. The number of halogens is 2. The van der Waals surface area contributed by atoms with Crippen molar-refractivity contribution in [3.05, 3.63) is 74.8 Å². The van der Waals surface area contributed by atoms with Crippen molar-refractivity contribution < 1.29 is 4.39 Å². The van der Waals surface area contributed by atoms with E-state index in [0.29, 0.717) is 6.42 Å². The highest BCUT2D eigenvalue weighted by atomic mass is 79.9. The molecule has 1 aromatic heterocycles. The van der Waals surface area contributed by atoms with Crippen LogP contribution >= 0.6 is 27.3 Å². The van der Waals surface area contributed by atoms with Gasteiger partial charge in [-0.1, -0.05) is 46.3 Å². The highest BCUT2D eigenvalue weighted by molar-refractivity contribution is 9.10. The second-order valence-electron chi connectivity index (χ2n) is 4.41. The minimum atomic E-state index is -0.204. The molecule has 0 atom stereocenters. The molecule has 2 aromatic carbocycles. The fraction of sp³-hybridized carbons (Fsp3) is 0.0625. The molecule has 0 fully saturated rings. The van der Waals surface area contributed by atoms with E-state index >= 15 is 0 Å². The maximum atomic E-state index is 13.2. The Morgan fingerprint density at radius 1 is 1.10 bits per heavy atom. The van der Waals surface area contributed by atoms with E-state index in [1.54, 1.807) is 23.5 Å². The zero-order valence-corrected chi connectivity index (χ0v) is 12.9. The monoisotopic (exact) mass is 347 g/mol. The highest BCUT2D eigenvalue weighted by Gasteiger charge is 2.08. The van der Waals surface area contributed by atoms with Crippen LogP contribution in [0.1, 0.15) is 10.6 Å². The maximum Gasteiger partial charge on any atom is 0.123 e. The largest absolute Gasteiger partial charge is 0.241 e. The van der Waals surface area contributed by atoms with Gasteiger partial charge in [0.25, 0.3) is 0 Å². The number of benzene rings is 2. The minimum absolute atomic E-state index is 0.204. The summed E-state index contributed by atoms with van der Waals surface area (Å²) >= 11 is 5.13. The van der Waals surface area contributed by atoms with E-state index < -0.39 is 0 Å². The molecular formula is C16H11BrFNS. The fourth-order valence-corrected chi connectivity index (χ4v) is 3.32. The lowest BCUT2D eigenvalue weighted by Crippen LogP contribution is -1.88. The third-order valence-corrected chi connectivity index (χ3v) is 4.49. The molecule has 3 aromatic rings. The van der Waals surface area contributed by atoms with Crippen LogP contribution in [0, 0.1) is 5.82 Å². The number of hydrogen-bond donors (Lipinski definition) is 0. The molecule has 0 radical (unpaired) electrons. The number of nitrogens with zero attached hydrogens (tertiary/aromatic N) is 1. The number of rotatable bonds is 3. The summed E-state index contributed by atoms with van der Waals surface area (Å²) in [7, 11) is 0. The first-order valence-corrected chi connectivity index (χ1v) is 7.83. The molecule has 0 saturated heterocycles. The minimum Gasteiger partial charge on any atom is -0.241 e. The van der Waals surface area contributed by atoms with Gasteiger partial charge >= 0.3 is 0 Å². The molecule has 1 nitrogen and oxygen atoms in total. The van der Waals surface area contributed by atoms with Crippen LogP contribution in [0.5, 0.6) is 0 Å². The molecule has 0 N–H and O–H groups in total. The van der Waals surface area contributed by atoms with Gasteiger partial charge in [-0.15, -0.1) is 11.3 Å². The lowest BCUT2D eigenvalue weighted by molar-refractivity contribution is 0.626. The molecule has 1 heterocycles. The molecule has 100 valence electrons. The van der Waals surface area contributed by atoms with E-state index in [1.807, 2.05) is 35.7 Å². The van der Waals surface area contributed by atoms with Crippen molar-refractivity contribution in [2.24, 2.45) is 0 Å². The Hall–Kier alpha value is -1.52. The number of thiazole rings is 1. The molecule has 0 bridgehead atoms. The van der Waals surface area contributed by atoms with Crippen molar-refractivity contribution in [2.75, 3.05) is 0 Å². The molecule has 20 heavy (non-hydrogen) atoms. The van der Waals surface area contributed by atoms with Gasteiger partial charge in [0.05, 0.1) is 10.7 Å². The van der Waals surface area contributed by atoms with Gasteiger partial charge in [-0.3, -0.25) is 0 Å². The first kappa shape index (κ1) is 13.5. The van der Waals surface area contributed by atoms with Gasteiger partial charge in [0.15, 0.2) is 0 Å². The lowest BCUT2D eigenvalue weighted by atomic mass is 10.1. The second-order valence-corrected chi connectivity index (χ2v) is 6.21. The summed E-state index contributed by atoms with van der Waals surface area (Å²) in [4.78, 5) is 4.63. The van der Waals surface area contributed by atoms with Crippen LogP contribution in [0.15, 0.2) is 58.4 Å². The zero-order valence-electron chi connectivity index (χ0n) is 10.5. The molecule has 0 unspecified atom stereocenters. The van der Waals surface area contributed by atoms with Crippen molar-refractivity contribution in [1.82, 2.24) is 4.98 Å². The zero-order chi connectivity index (χ0) is 13.9. The van der Waals surface area contributed by atoms with Crippen molar-refractivity contribution in [3.8, 4) is 11.3 Å². The summed E-state index contributed by atoms with van der Waals surface area (Å²) in [5, 5.41) is 3.02. The van der Waals surface area contributed by atoms with Crippen LogP contribution in [0.4, 0.5) is 4.39 Å². The van der Waals surface area contributed by atoms with Crippen LogP contribution in [0.3, 0.4) is 0 Å².